The number of carbonyl (C=O) groups is 1. The molecule has 0 heterocycles. The molecule has 0 aliphatic rings. The molecule has 0 saturated carbocycles. The fraction of sp³-hybridized carbons (Fsp3) is 0.500. The number of hydrogen-bond donors (Lipinski definition) is 3. The van der Waals surface area contributed by atoms with E-state index in [0.717, 1.165) is 0 Å². The molecule has 1 nitrogen and oxygen atoms in total. The topological polar surface area (TPSA) is 17.1 Å². The summed E-state index contributed by atoms with van der Waals surface area (Å²) in [4.78, 5) is 9.85. The lowest BCUT2D eigenvalue weighted by Gasteiger charge is -1.88. The molecule has 0 spiro atoms. The van der Waals surface area contributed by atoms with E-state index >= 15 is 0 Å². The Morgan fingerprint density at radius 2 is 1.67 bits per heavy atom. The Balaban J connectivity index is 3.26. The van der Waals surface area contributed by atoms with E-state index in [4.69, 9.17) is 0 Å². The molecule has 0 aromatic heterocycles. The van der Waals surface area contributed by atoms with Gasteiger partial charge in [0.15, 0.2) is 0 Å². The third-order valence-corrected chi connectivity index (χ3v) is 1.36. The molecule has 0 amide bonds. The highest BCUT2D eigenvalue weighted by Gasteiger charge is 1.98. The van der Waals surface area contributed by atoms with Gasteiger partial charge in [-0.3, -0.25) is 4.79 Å². The molecule has 6 heavy (non-hydrogen) atoms. The second-order valence-electron chi connectivity index (χ2n) is 0.712. The fourth-order valence-electron chi connectivity index (χ4n) is 0. The normalized spacial score (nSPS) is 9.33. The van der Waals surface area contributed by atoms with E-state index < -0.39 is 4.58 Å². The van der Waals surface area contributed by atoms with E-state index in [1.54, 1.807) is 0 Å². The Morgan fingerprint density at radius 3 is 1.67 bits per heavy atom. The van der Waals surface area contributed by atoms with Crippen LogP contribution in [0.15, 0.2) is 0 Å². The lowest BCUT2D eigenvalue weighted by Crippen LogP contribution is -1.96. The summed E-state index contributed by atoms with van der Waals surface area (Å²) in [6.45, 7) is 0. The fourth-order valence-corrected chi connectivity index (χ4v) is 0. The highest BCUT2D eigenvalue weighted by atomic mass is 32.2. The van der Waals surface area contributed by atoms with Gasteiger partial charge < -0.3 is 0 Å². The van der Waals surface area contributed by atoms with Crippen molar-refractivity contribution >= 4 is 43.0 Å². The summed E-state index contributed by atoms with van der Waals surface area (Å²) in [5.74, 6) is 0. The van der Waals surface area contributed by atoms with Gasteiger partial charge in [-0.25, -0.2) is 0 Å². The highest BCUT2D eigenvalue weighted by Crippen LogP contribution is 2.02. The van der Waals surface area contributed by atoms with Crippen LogP contribution in [0.3, 0.4) is 0 Å². The largest absolute Gasteiger partial charge is 0.285 e. The van der Waals surface area contributed by atoms with Crippen molar-refractivity contribution in [1.82, 2.24) is 0 Å². The minimum atomic E-state index is -0.534. The second kappa shape index (κ2) is 2.82. The standard InChI is InChI=1S/C2H4OS3/c3-1(4)2(5)6/h2,5-6H,(H,3,4). The first-order valence-electron chi connectivity index (χ1n) is 1.23. The van der Waals surface area contributed by atoms with Crippen molar-refractivity contribution in [3.05, 3.63) is 0 Å². The van der Waals surface area contributed by atoms with Crippen LogP contribution in [0.25, 0.3) is 0 Å². The van der Waals surface area contributed by atoms with Crippen LogP contribution < -0.4 is 0 Å². The van der Waals surface area contributed by atoms with Gasteiger partial charge in [-0.1, -0.05) is 0 Å². The van der Waals surface area contributed by atoms with Crippen molar-refractivity contribution in [2.45, 2.75) is 4.58 Å². The number of carbonyl (C=O) groups excluding carboxylic acids is 1. The lowest BCUT2D eigenvalue weighted by atomic mass is 10.9. The summed E-state index contributed by atoms with van der Waals surface area (Å²) in [6, 6.07) is 0. The molecule has 0 aromatic carbocycles. The molecular formula is C2H4OS3. The summed E-state index contributed by atoms with van der Waals surface area (Å²) in [5, 5.41) is -0.318. The molecule has 0 aromatic rings. The van der Waals surface area contributed by atoms with Gasteiger partial charge in [0.25, 0.3) is 0 Å². The summed E-state index contributed by atoms with van der Waals surface area (Å²) in [7, 11) is 0. The van der Waals surface area contributed by atoms with Gasteiger partial charge in [-0.2, -0.15) is 25.3 Å². The first kappa shape index (κ1) is 6.72. The van der Waals surface area contributed by atoms with Crippen LogP contribution in [0.4, 0.5) is 0 Å². The zero-order chi connectivity index (χ0) is 5.15. The molecular weight excluding hydrogens is 136 g/mol. The van der Waals surface area contributed by atoms with Gasteiger partial charge in [-0.15, -0.1) is 12.6 Å². The van der Waals surface area contributed by atoms with E-state index in [2.05, 4.69) is 37.9 Å². The Kier molecular flexibility index (Phi) is 3.16. The number of rotatable bonds is 1. The quantitative estimate of drug-likeness (QED) is 0.360. The van der Waals surface area contributed by atoms with E-state index in [-0.39, 0.29) is 5.12 Å². The summed E-state index contributed by atoms with van der Waals surface area (Å²) in [6.07, 6.45) is 0. The van der Waals surface area contributed by atoms with Gasteiger partial charge in [0.1, 0.15) is 4.58 Å². The Labute approximate surface area is 52.7 Å². The maximum atomic E-state index is 9.85. The lowest BCUT2D eigenvalue weighted by molar-refractivity contribution is -0.109. The zero-order valence-electron chi connectivity index (χ0n) is 2.83. The molecule has 0 fully saturated rings. The zero-order valence-corrected chi connectivity index (χ0v) is 5.51. The first-order valence-corrected chi connectivity index (χ1v) is 2.71. The van der Waals surface area contributed by atoms with E-state index in [1.165, 1.54) is 0 Å². The van der Waals surface area contributed by atoms with E-state index in [1.807, 2.05) is 0 Å². The first-order chi connectivity index (χ1) is 2.64. The van der Waals surface area contributed by atoms with Gasteiger partial charge in [0, 0.05) is 0 Å². The van der Waals surface area contributed by atoms with Crippen LogP contribution in [-0.2, 0) is 4.79 Å². The van der Waals surface area contributed by atoms with Crippen molar-refractivity contribution in [3.8, 4) is 0 Å². The Morgan fingerprint density at radius 1 is 1.50 bits per heavy atom. The predicted molar refractivity (Wildman–Crippen MR) is 35.8 cm³/mol. The van der Waals surface area contributed by atoms with Crippen LogP contribution in [-0.4, -0.2) is 9.70 Å². The Bertz CT molecular complexity index is 59.8. The van der Waals surface area contributed by atoms with Gasteiger partial charge in [-0.05, 0) is 0 Å². The van der Waals surface area contributed by atoms with Gasteiger partial charge in [0.2, 0.25) is 5.12 Å². The van der Waals surface area contributed by atoms with Crippen molar-refractivity contribution in [1.29, 1.82) is 0 Å². The number of thiol groups is 3. The predicted octanol–water partition coefficient (Wildman–Crippen LogP) is 0.628. The summed E-state index contributed by atoms with van der Waals surface area (Å²) < 4.78 is -0.534. The highest BCUT2D eigenvalue weighted by molar-refractivity contribution is 8.07. The average Bonchev–Trinajstić information content (AvgIpc) is 1.36. The molecule has 0 aliphatic carbocycles. The molecule has 0 bridgehead atoms. The number of hydrogen-bond acceptors (Lipinski definition) is 3. The van der Waals surface area contributed by atoms with Crippen LogP contribution in [0.1, 0.15) is 0 Å². The van der Waals surface area contributed by atoms with Crippen LogP contribution in [0, 0.1) is 0 Å². The van der Waals surface area contributed by atoms with Crippen molar-refractivity contribution < 1.29 is 4.79 Å². The van der Waals surface area contributed by atoms with Crippen LogP contribution in [0.5, 0.6) is 0 Å². The maximum absolute atomic E-state index is 9.85. The smallest absolute Gasteiger partial charge is 0.208 e. The van der Waals surface area contributed by atoms with Gasteiger partial charge >= 0.3 is 0 Å². The minimum absolute atomic E-state index is 0.318. The molecule has 0 saturated heterocycles. The third kappa shape index (κ3) is 2.93. The SMILES string of the molecule is O=C(S)C(S)S. The van der Waals surface area contributed by atoms with Crippen molar-refractivity contribution in [3.63, 3.8) is 0 Å². The third-order valence-electron chi connectivity index (χ3n) is 0.221. The molecule has 4 heteroatoms. The monoisotopic (exact) mass is 140 g/mol. The minimum Gasteiger partial charge on any atom is -0.285 e. The van der Waals surface area contributed by atoms with Crippen LogP contribution >= 0.6 is 37.9 Å². The van der Waals surface area contributed by atoms with E-state index in [9.17, 15) is 4.79 Å². The summed E-state index contributed by atoms with van der Waals surface area (Å²) >= 11 is 10.7. The molecule has 0 rings (SSSR count). The molecule has 0 aliphatic heterocycles. The molecule has 0 unspecified atom stereocenters. The molecule has 0 N–H and O–H groups in total. The molecule has 36 valence electrons. The van der Waals surface area contributed by atoms with Crippen molar-refractivity contribution in [2.24, 2.45) is 0 Å². The van der Waals surface area contributed by atoms with Crippen LogP contribution in [0.2, 0.25) is 0 Å². The van der Waals surface area contributed by atoms with Gasteiger partial charge in [0.05, 0.1) is 0 Å². The second-order valence-corrected chi connectivity index (χ2v) is 2.59. The molecule has 0 radical (unpaired) electrons. The van der Waals surface area contributed by atoms with E-state index in [0.29, 0.717) is 0 Å². The van der Waals surface area contributed by atoms with Crippen molar-refractivity contribution in [2.75, 3.05) is 0 Å². The Hall–Kier alpha value is 0.720. The average molecular weight is 140 g/mol. The maximum Gasteiger partial charge on any atom is 0.208 e. The molecule has 0 atom stereocenters. The summed E-state index contributed by atoms with van der Waals surface area (Å²) in [5.41, 5.74) is 0.